The normalized spacial score (nSPS) is 16.1. The molecule has 0 saturated carbocycles. The summed E-state index contributed by atoms with van der Waals surface area (Å²) in [6.45, 7) is 3.05. The number of rotatable bonds is 7. The van der Waals surface area contributed by atoms with Crippen LogP contribution in [0.25, 0.3) is 11.1 Å². The van der Waals surface area contributed by atoms with E-state index in [4.69, 9.17) is 4.74 Å². The number of H-pyrrole nitrogens is 1. The molecule has 30 heavy (non-hydrogen) atoms. The van der Waals surface area contributed by atoms with Crippen LogP contribution >= 0.6 is 0 Å². The molecule has 0 aliphatic carbocycles. The first-order chi connectivity index (χ1) is 14.6. The van der Waals surface area contributed by atoms with Gasteiger partial charge in [-0.25, -0.2) is 4.39 Å². The highest BCUT2D eigenvalue weighted by molar-refractivity contribution is 5.78. The molecule has 156 valence electrons. The van der Waals surface area contributed by atoms with Crippen molar-refractivity contribution in [3.05, 3.63) is 66.0 Å². The summed E-state index contributed by atoms with van der Waals surface area (Å²) in [7, 11) is 0. The van der Waals surface area contributed by atoms with Gasteiger partial charge in [-0.2, -0.15) is 5.10 Å². The fourth-order valence-electron chi connectivity index (χ4n) is 4.02. The number of carbonyl (C=O) groups is 1. The summed E-state index contributed by atoms with van der Waals surface area (Å²) in [6, 6.07) is 8.26. The van der Waals surface area contributed by atoms with E-state index in [9.17, 15) is 9.18 Å². The third-order valence-electron chi connectivity index (χ3n) is 5.51. The zero-order valence-electron chi connectivity index (χ0n) is 17.0. The zero-order valence-corrected chi connectivity index (χ0v) is 17.0. The third kappa shape index (κ3) is 4.20. The molecule has 1 atom stereocenters. The summed E-state index contributed by atoms with van der Waals surface area (Å²) in [5, 5.41) is 7.38. The van der Waals surface area contributed by atoms with Crippen molar-refractivity contribution in [3.63, 3.8) is 0 Å². The molecule has 3 aromatic rings. The number of hydrogen-bond acceptors (Lipinski definition) is 4. The Kier molecular flexibility index (Phi) is 6.07. The van der Waals surface area contributed by atoms with E-state index in [0.29, 0.717) is 19.4 Å². The summed E-state index contributed by atoms with van der Waals surface area (Å²) in [4.78, 5) is 19.0. The molecule has 2 aromatic heterocycles. The van der Waals surface area contributed by atoms with Crippen molar-refractivity contribution in [2.45, 2.75) is 38.6 Å². The Morgan fingerprint density at radius 1 is 1.27 bits per heavy atom. The molecule has 3 heterocycles. The maximum Gasteiger partial charge on any atom is 0.223 e. The SMILES string of the molecule is Cc1cnccc1-c1cn[nH]c1[C@H]1CCCN1C(=O)CCCOc1ccccc1F. The number of amides is 1. The average Bonchev–Trinajstić information content (AvgIpc) is 3.42. The lowest BCUT2D eigenvalue weighted by Crippen LogP contribution is -2.31. The van der Waals surface area contributed by atoms with Gasteiger partial charge in [-0.05, 0) is 55.5 Å². The van der Waals surface area contributed by atoms with Crippen molar-refractivity contribution >= 4 is 5.91 Å². The molecule has 1 N–H and O–H groups in total. The molecule has 6 nitrogen and oxygen atoms in total. The third-order valence-corrected chi connectivity index (χ3v) is 5.51. The fourth-order valence-corrected chi connectivity index (χ4v) is 4.02. The summed E-state index contributed by atoms with van der Waals surface area (Å²) in [5.41, 5.74) is 4.13. The van der Waals surface area contributed by atoms with E-state index in [1.54, 1.807) is 24.4 Å². The molecule has 4 rings (SSSR count). The van der Waals surface area contributed by atoms with Crippen LogP contribution in [-0.2, 0) is 4.79 Å². The van der Waals surface area contributed by atoms with Crippen molar-refractivity contribution < 1.29 is 13.9 Å². The second-order valence-electron chi connectivity index (χ2n) is 7.52. The summed E-state index contributed by atoms with van der Waals surface area (Å²) in [5.74, 6) is -0.0814. The van der Waals surface area contributed by atoms with Crippen molar-refractivity contribution in [2.24, 2.45) is 0 Å². The van der Waals surface area contributed by atoms with Crippen LogP contribution in [0.4, 0.5) is 4.39 Å². The molecule has 1 fully saturated rings. The van der Waals surface area contributed by atoms with Crippen molar-refractivity contribution in [1.82, 2.24) is 20.1 Å². The van der Waals surface area contributed by atoms with Crippen LogP contribution in [0.5, 0.6) is 5.75 Å². The summed E-state index contributed by atoms with van der Waals surface area (Å²) < 4.78 is 19.1. The number of aryl methyl sites for hydroxylation is 1. The van der Waals surface area contributed by atoms with Crippen molar-refractivity contribution in [3.8, 4) is 16.9 Å². The van der Waals surface area contributed by atoms with Crippen LogP contribution < -0.4 is 4.74 Å². The lowest BCUT2D eigenvalue weighted by Gasteiger charge is -2.25. The van der Waals surface area contributed by atoms with Crippen LogP contribution in [0.2, 0.25) is 0 Å². The Morgan fingerprint density at radius 2 is 2.13 bits per heavy atom. The van der Waals surface area contributed by atoms with Gasteiger partial charge in [-0.1, -0.05) is 12.1 Å². The number of aromatic amines is 1. The molecule has 1 saturated heterocycles. The van der Waals surface area contributed by atoms with E-state index in [2.05, 4.69) is 15.2 Å². The lowest BCUT2D eigenvalue weighted by molar-refractivity contribution is -0.132. The average molecular weight is 408 g/mol. The predicted octanol–water partition coefficient (Wildman–Crippen LogP) is 4.44. The minimum absolute atomic E-state index is 0.0185. The first kappa shape index (κ1) is 20.1. The highest BCUT2D eigenvalue weighted by Crippen LogP contribution is 2.37. The lowest BCUT2D eigenvalue weighted by atomic mass is 9.98. The van der Waals surface area contributed by atoms with Gasteiger partial charge in [0.1, 0.15) is 0 Å². The molecule has 1 aromatic carbocycles. The predicted molar refractivity (Wildman–Crippen MR) is 111 cm³/mol. The van der Waals surface area contributed by atoms with Crippen LogP contribution in [0.3, 0.4) is 0 Å². The largest absolute Gasteiger partial charge is 0.491 e. The van der Waals surface area contributed by atoms with E-state index in [0.717, 1.165) is 41.8 Å². The fraction of sp³-hybridized carbons (Fsp3) is 0.348. The molecule has 1 amide bonds. The number of hydrogen-bond donors (Lipinski definition) is 1. The van der Waals surface area contributed by atoms with Gasteiger partial charge in [0.2, 0.25) is 5.91 Å². The number of benzene rings is 1. The quantitative estimate of drug-likeness (QED) is 0.587. The maximum atomic E-state index is 13.6. The van der Waals surface area contributed by atoms with Gasteiger partial charge in [0.25, 0.3) is 0 Å². The number of carbonyl (C=O) groups excluding carboxylic acids is 1. The monoisotopic (exact) mass is 408 g/mol. The summed E-state index contributed by atoms with van der Waals surface area (Å²) >= 11 is 0. The van der Waals surface area contributed by atoms with Crippen LogP contribution in [-0.4, -0.2) is 39.1 Å². The Labute approximate surface area is 175 Å². The number of likely N-dealkylation sites (tertiary alicyclic amines) is 1. The number of para-hydroxylation sites is 1. The number of nitrogens with one attached hydrogen (secondary N) is 1. The molecule has 7 heteroatoms. The van der Waals surface area contributed by atoms with Gasteiger partial charge in [0, 0.05) is 30.9 Å². The van der Waals surface area contributed by atoms with Crippen LogP contribution in [0.1, 0.15) is 43.0 Å². The van der Waals surface area contributed by atoms with Crippen molar-refractivity contribution in [1.29, 1.82) is 0 Å². The Hall–Kier alpha value is -3.22. The van der Waals surface area contributed by atoms with Gasteiger partial charge in [0.05, 0.1) is 24.5 Å². The highest BCUT2D eigenvalue weighted by Gasteiger charge is 2.32. The highest BCUT2D eigenvalue weighted by atomic mass is 19.1. The number of halogens is 1. The molecule has 0 unspecified atom stereocenters. The van der Waals surface area contributed by atoms with E-state index in [1.807, 2.05) is 30.3 Å². The van der Waals surface area contributed by atoms with E-state index >= 15 is 0 Å². The van der Waals surface area contributed by atoms with Gasteiger partial charge in [0.15, 0.2) is 11.6 Å². The van der Waals surface area contributed by atoms with E-state index in [1.165, 1.54) is 6.07 Å². The zero-order chi connectivity index (χ0) is 20.9. The smallest absolute Gasteiger partial charge is 0.223 e. The maximum absolute atomic E-state index is 13.6. The molecular formula is C23H25FN4O2. The van der Waals surface area contributed by atoms with Gasteiger partial charge < -0.3 is 9.64 Å². The minimum Gasteiger partial charge on any atom is -0.491 e. The Balaban J connectivity index is 1.40. The van der Waals surface area contributed by atoms with Crippen LogP contribution in [0, 0.1) is 12.7 Å². The molecular weight excluding hydrogens is 383 g/mol. The van der Waals surface area contributed by atoms with Crippen LogP contribution in [0.15, 0.2) is 48.9 Å². The van der Waals surface area contributed by atoms with Crippen molar-refractivity contribution in [2.75, 3.05) is 13.2 Å². The van der Waals surface area contributed by atoms with E-state index < -0.39 is 0 Å². The molecule has 0 spiro atoms. The number of pyridine rings is 1. The first-order valence-corrected chi connectivity index (χ1v) is 10.3. The first-order valence-electron chi connectivity index (χ1n) is 10.3. The Morgan fingerprint density at radius 3 is 2.97 bits per heavy atom. The topological polar surface area (TPSA) is 71.1 Å². The summed E-state index contributed by atoms with van der Waals surface area (Å²) in [6.07, 6.45) is 8.18. The number of ether oxygens (including phenoxy) is 1. The van der Waals surface area contributed by atoms with Gasteiger partial charge >= 0.3 is 0 Å². The van der Waals surface area contributed by atoms with Gasteiger partial charge in [-0.15, -0.1) is 0 Å². The minimum atomic E-state index is -0.387. The standard InChI is InChI=1S/C23H25FN4O2/c1-16-14-25-11-10-17(16)18-15-26-27-23(18)20-7-4-12-28(20)22(29)9-5-13-30-21-8-3-2-6-19(21)24/h2-3,6,8,10-11,14-15,20H,4-5,7,9,12-13H2,1H3,(H,26,27)/t20-/m1/s1. The van der Waals surface area contributed by atoms with Gasteiger partial charge in [-0.3, -0.25) is 14.9 Å². The molecule has 1 aliphatic heterocycles. The second-order valence-corrected chi connectivity index (χ2v) is 7.52. The van der Waals surface area contributed by atoms with E-state index in [-0.39, 0.29) is 23.5 Å². The number of aromatic nitrogens is 3. The molecule has 1 aliphatic rings. The number of nitrogens with zero attached hydrogens (tertiary/aromatic N) is 3. The second kappa shape index (κ2) is 9.07. The molecule has 0 radical (unpaired) electrons. The Bertz CT molecular complexity index is 1020. The molecule has 0 bridgehead atoms.